The summed E-state index contributed by atoms with van der Waals surface area (Å²) in [7, 11) is 0. The zero-order chi connectivity index (χ0) is 21.1. The van der Waals surface area contributed by atoms with Gasteiger partial charge in [0.15, 0.2) is 5.82 Å². The van der Waals surface area contributed by atoms with Crippen LogP contribution in [0.15, 0.2) is 47.4 Å². The van der Waals surface area contributed by atoms with Gasteiger partial charge in [-0.25, -0.2) is 9.50 Å². The van der Waals surface area contributed by atoms with E-state index in [4.69, 9.17) is 22.4 Å². The van der Waals surface area contributed by atoms with Gasteiger partial charge in [-0.3, -0.25) is 9.36 Å². The second kappa shape index (κ2) is 7.83. The molecule has 6 rings (SSSR count). The Labute approximate surface area is 196 Å². The molecule has 164 valence electrons. The normalized spacial score (nSPS) is 17.2. The number of para-hydroxylation sites is 1. The molecule has 1 fully saturated rings. The number of rotatable bonds is 3. The van der Waals surface area contributed by atoms with Gasteiger partial charge < -0.3 is 10.6 Å². The van der Waals surface area contributed by atoms with Gasteiger partial charge in [0.05, 0.1) is 22.4 Å². The number of aromatic nitrogens is 5. The molecule has 0 saturated carbocycles. The van der Waals surface area contributed by atoms with Gasteiger partial charge in [0.25, 0.3) is 5.56 Å². The van der Waals surface area contributed by atoms with Gasteiger partial charge in [-0.15, -0.1) is 0 Å². The largest absolute Gasteiger partial charge is 0.368 e. The summed E-state index contributed by atoms with van der Waals surface area (Å²) in [5.41, 5.74) is 9.15. The number of hydrogen-bond donors (Lipinski definition) is 1. The van der Waals surface area contributed by atoms with Crippen LogP contribution in [0.1, 0.15) is 36.0 Å². The van der Waals surface area contributed by atoms with Crippen molar-refractivity contribution in [1.29, 1.82) is 0 Å². The third kappa shape index (κ3) is 3.07. The molecule has 32 heavy (non-hydrogen) atoms. The zero-order valence-corrected chi connectivity index (χ0v) is 19.0. The number of anilines is 2. The summed E-state index contributed by atoms with van der Waals surface area (Å²) >= 11 is 6.31. The molecular formula is C22H22ClN7OS. The van der Waals surface area contributed by atoms with Crippen molar-refractivity contribution in [3.8, 4) is 5.69 Å². The minimum atomic E-state index is -0.189. The summed E-state index contributed by atoms with van der Waals surface area (Å²) in [6.07, 6.45) is 5.51. The average Bonchev–Trinajstić information content (AvgIpc) is 3.35. The summed E-state index contributed by atoms with van der Waals surface area (Å²) in [5, 5.41) is 5.22. The highest BCUT2D eigenvalue weighted by molar-refractivity contribution is 7.59. The smallest absolute Gasteiger partial charge is 0.284 e. The van der Waals surface area contributed by atoms with E-state index in [9.17, 15) is 4.79 Å². The first kappa shape index (κ1) is 20.8. The van der Waals surface area contributed by atoms with Gasteiger partial charge in [0, 0.05) is 18.3 Å². The molecule has 0 unspecified atom stereocenters. The van der Waals surface area contributed by atoms with Gasteiger partial charge in [-0.2, -0.15) is 23.6 Å². The van der Waals surface area contributed by atoms with Crippen molar-refractivity contribution in [3.63, 3.8) is 0 Å². The maximum atomic E-state index is 13.5. The molecular weight excluding hydrogens is 446 g/mol. The van der Waals surface area contributed by atoms with E-state index >= 15 is 0 Å². The third-order valence-corrected chi connectivity index (χ3v) is 6.50. The Hall–Kier alpha value is -3.04. The van der Waals surface area contributed by atoms with Crippen LogP contribution in [-0.4, -0.2) is 30.7 Å². The molecule has 1 saturated heterocycles. The van der Waals surface area contributed by atoms with E-state index in [1.54, 1.807) is 21.3 Å². The predicted octanol–water partition coefficient (Wildman–Crippen LogP) is 3.06. The fourth-order valence-electron chi connectivity index (χ4n) is 4.67. The molecule has 0 amide bonds. The topological polar surface area (TPSA) is 94.3 Å². The maximum absolute atomic E-state index is 13.5. The fraction of sp³-hybridized carbons (Fsp3) is 0.273. The van der Waals surface area contributed by atoms with Crippen LogP contribution >= 0.6 is 25.1 Å². The molecule has 1 aromatic carbocycles. The number of hydrogen-bond acceptors (Lipinski definition) is 6. The van der Waals surface area contributed by atoms with Crippen molar-refractivity contribution >= 4 is 42.4 Å². The Bertz CT molecular complexity index is 1380. The Balaban J connectivity index is 0.00000216. The highest BCUT2D eigenvalue weighted by Crippen LogP contribution is 2.40. The lowest BCUT2D eigenvalue weighted by molar-refractivity contribution is 0.422. The number of halogens is 1. The summed E-state index contributed by atoms with van der Waals surface area (Å²) in [4.78, 5) is 24.7. The standard InChI is InChI=1S/C22H20ClN7O.H2S/c23-15-9-12-29-18(15)21(31)30(13-5-2-1-3-6-13)20(27-29)17-10-11-28(17)19-14-7-4-8-16(14)25-22(24)26-19;/h1-3,5-6,9,12,17H,4,7-8,10-11H2,(H2,24,25,26);1H2/t17-;/m0./s1. The van der Waals surface area contributed by atoms with Gasteiger partial charge in [0.2, 0.25) is 5.95 Å². The van der Waals surface area contributed by atoms with Crippen molar-refractivity contribution in [1.82, 2.24) is 24.1 Å². The third-order valence-electron chi connectivity index (χ3n) is 6.20. The lowest BCUT2D eigenvalue weighted by Crippen LogP contribution is -2.45. The van der Waals surface area contributed by atoms with E-state index < -0.39 is 0 Å². The zero-order valence-electron chi connectivity index (χ0n) is 17.2. The van der Waals surface area contributed by atoms with Gasteiger partial charge in [-0.1, -0.05) is 29.8 Å². The molecule has 10 heteroatoms. The Kier molecular flexibility index (Phi) is 5.10. The highest BCUT2D eigenvalue weighted by Gasteiger charge is 2.38. The SMILES string of the molecule is Nc1nc2c(c(N3CC[C@H]3c3nn4ccc(Cl)c4c(=O)n3-c3ccccc3)n1)CCC2.S. The van der Waals surface area contributed by atoms with Gasteiger partial charge >= 0.3 is 0 Å². The van der Waals surface area contributed by atoms with Crippen LogP contribution in [0.2, 0.25) is 5.02 Å². The van der Waals surface area contributed by atoms with Crippen molar-refractivity contribution in [2.45, 2.75) is 31.7 Å². The molecule has 3 aromatic heterocycles. The number of nitrogen functional groups attached to an aromatic ring is 1. The van der Waals surface area contributed by atoms with Crippen molar-refractivity contribution in [3.05, 3.63) is 75.1 Å². The number of nitrogens with zero attached hydrogens (tertiary/aromatic N) is 6. The first-order valence-electron chi connectivity index (χ1n) is 10.4. The number of benzene rings is 1. The molecule has 0 bridgehead atoms. The summed E-state index contributed by atoms with van der Waals surface area (Å²) in [6, 6.07) is 11.1. The van der Waals surface area contributed by atoms with Crippen LogP contribution in [0.3, 0.4) is 0 Å². The minimum absolute atomic E-state index is 0. The summed E-state index contributed by atoms with van der Waals surface area (Å²) in [6.45, 7) is 0.822. The molecule has 1 atom stereocenters. The average molecular weight is 468 g/mol. The lowest BCUT2D eigenvalue weighted by atomic mass is 10.0. The van der Waals surface area contributed by atoms with Crippen LogP contribution in [0.5, 0.6) is 0 Å². The molecule has 0 radical (unpaired) electrons. The van der Waals surface area contributed by atoms with Crippen LogP contribution < -0.4 is 16.2 Å². The Morgan fingerprint density at radius 2 is 1.91 bits per heavy atom. The summed E-state index contributed by atoms with van der Waals surface area (Å²) in [5.74, 6) is 1.82. The van der Waals surface area contributed by atoms with Crippen LogP contribution in [0.4, 0.5) is 11.8 Å². The fourth-order valence-corrected chi connectivity index (χ4v) is 4.89. The van der Waals surface area contributed by atoms with Crippen LogP contribution in [-0.2, 0) is 12.8 Å². The monoisotopic (exact) mass is 467 g/mol. The van der Waals surface area contributed by atoms with E-state index in [-0.39, 0.29) is 25.1 Å². The van der Waals surface area contributed by atoms with Crippen LogP contribution in [0.25, 0.3) is 11.2 Å². The molecule has 2 aliphatic rings. The van der Waals surface area contributed by atoms with E-state index in [1.165, 1.54) is 0 Å². The molecule has 1 aliphatic carbocycles. The molecule has 2 N–H and O–H groups in total. The highest BCUT2D eigenvalue weighted by atomic mass is 35.5. The summed E-state index contributed by atoms with van der Waals surface area (Å²) < 4.78 is 3.25. The number of nitrogens with two attached hydrogens (primary N) is 1. The minimum Gasteiger partial charge on any atom is -0.368 e. The van der Waals surface area contributed by atoms with E-state index in [1.807, 2.05) is 30.3 Å². The van der Waals surface area contributed by atoms with Gasteiger partial charge in [0.1, 0.15) is 11.3 Å². The van der Waals surface area contributed by atoms with E-state index in [0.717, 1.165) is 55.0 Å². The van der Waals surface area contributed by atoms with Crippen LogP contribution in [0, 0.1) is 0 Å². The molecule has 4 heterocycles. The number of aryl methyl sites for hydroxylation is 1. The second-order valence-electron chi connectivity index (χ2n) is 7.97. The molecule has 8 nitrogen and oxygen atoms in total. The quantitative estimate of drug-likeness (QED) is 0.497. The maximum Gasteiger partial charge on any atom is 0.284 e. The van der Waals surface area contributed by atoms with Crippen molar-refractivity contribution in [2.24, 2.45) is 0 Å². The van der Waals surface area contributed by atoms with Gasteiger partial charge in [-0.05, 0) is 43.9 Å². The lowest BCUT2D eigenvalue weighted by Gasteiger charge is -2.42. The first-order valence-corrected chi connectivity index (χ1v) is 10.8. The Morgan fingerprint density at radius 3 is 2.66 bits per heavy atom. The van der Waals surface area contributed by atoms with Crippen molar-refractivity contribution < 1.29 is 0 Å². The Morgan fingerprint density at radius 1 is 1.09 bits per heavy atom. The molecule has 1 aliphatic heterocycles. The molecule has 4 aromatic rings. The van der Waals surface area contributed by atoms with Crippen molar-refractivity contribution in [2.75, 3.05) is 17.2 Å². The van der Waals surface area contributed by atoms with E-state index in [0.29, 0.717) is 22.3 Å². The molecule has 0 spiro atoms. The van der Waals surface area contributed by atoms with E-state index in [2.05, 4.69) is 14.9 Å². The first-order chi connectivity index (χ1) is 15.1. The number of fused-ring (bicyclic) bond motifs is 2. The second-order valence-corrected chi connectivity index (χ2v) is 8.38. The predicted molar refractivity (Wildman–Crippen MR) is 129 cm³/mol.